The van der Waals surface area contributed by atoms with Crippen LogP contribution in [-0.4, -0.2) is 34.0 Å². The van der Waals surface area contributed by atoms with E-state index in [0.29, 0.717) is 12.8 Å². The highest BCUT2D eigenvalue weighted by Crippen LogP contribution is 2.22. The smallest absolute Gasteiger partial charge is 0.373 e. The maximum absolute atomic E-state index is 10.7. The molecule has 2 N–H and O–H groups in total. The van der Waals surface area contributed by atoms with Crippen molar-refractivity contribution < 1.29 is 24.3 Å². The van der Waals surface area contributed by atoms with Crippen LogP contribution in [0.4, 0.5) is 0 Å². The van der Waals surface area contributed by atoms with Gasteiger partial charge < -0.3 is 14.9 Å². The molecule has 1 aromatic carbocycles. The highest BCUT2D eigenvalue weighted by atomic mass is 16.6. The molecule has 2 aromatic rings. The minimum absolute atomic E-state index is 0.0971. The van der Waals surface area contributed by atoms with Crippen molar-refractivity contribution in [2.24, 2.45) is 5.16 Å². The third-order valence-electron chi connectivity index (χ3n) is 3.10. The van der Waals surface area contributed by atoms with Crippen molar-refractivity contribution in [3.63, 3.8) is 0 Å². The molecule has 0 bridgehead atoms. The fourth-order valence-corrected chi connectivity index (χ4v) is 2.21. The lowest BCUT2D eigenvalue weighted by atomic mass is 10.0. The zero-order chi connectivity index (χ0) is 15.2. The summed E-state index contributed by atoms with van der Waals surface area (Å²) in [6.07, 6.45) is 3.02. The number of hydrogen-bond acceptors (Lipinski definition) is 5. The van der Waals surface area contributed by atoms with Gasteiger partial charge in [-0.2, -0.15) is 9.59 Å². The Hall–Kier alpha value is -2.92. The average Bonchev–Trinajstić information content (AvgIpc) is 3.08. The fourth-order valence-electron chi connectivity index (χ4n) is 2.21. The Morgan fingerprint density at radius 3 is 2.81 bits per heavy atom. The number of H-pyrrole nitrogens is 1. The second kappa shape index (κ2) is 6.49. The number of nitrogens with one attached hydrogen (secondary N) is 1. The number of carboxylic acid groups (broad SMARTS) is 1. The van der Waals surface area contributed by atoms with Crippen LogP contribution in [0.5, 0.6) is 0 Å². The van der Waals surface area contributed by atoms with Crippen molar-refractivity contribution >= 4 is 28.7 Å². The van der Waals surface area contributed by atoms with E-state index in [1.165, 1.54) is 0 Å². The fraction of sp³-hybridized carbons (Fsp3) is 0.214. The van der Waals surface area contributed by atoms with Gasteiger partial charge in [0.05, 0.1) is 0 Å². The topological polar surface area (TPSA) is 109 Å². The van der Waals surface area contributed by atoms with E-state index in [0.717, 1.165) is 16.5 Å². The standard InChI is InChI=1S/C13H12N2O3.CO2/c16-13(17)12-6-9(18-15-12)5-8-7-14-11-4-2-1-3-10(8)11;2-1-3/h1-4,7,9,14H,5-6H2,(H,16,17);/t9-;/m0./s1. The number of carbonyl (C=O) groups excluding carboxylic acids is 2. The van der Waals surface area contributed by atoms with Gasteiger partial charge in [-0.3, -0.25) is 0 Å². The molecule has 1 aliphatic rings. The molecule has 1 atom stereocenters. The molecule has 7 heteroatoms. The van der Waals surface area contributed by atoms with E-state index in [-0.39, 0.29) is 18.0 Å². The summed E-state index contributed by atoms with van der Waals surface area (Å²) in [7, 11) is 0. The van der Waals surface area contributed by atoms with Crippen LogP contribution in [0, 0.1) is 0 Å². The number of benzene rings is 1. The second-order valence-electron chi connectivity index (χ2n) is 4.42. The zero-order valence-electron chi connectivity index (χ0n) is 10.9. The molecule has 0 saturated heterocycles. The zero-order valence-corrected chi connectivity index (χ0v) is 10.9. The first-order valence-corrected chi connectivity index (χ1v) is 6.16. The number of hydrogen-bond donors (Lipinski definition) is 2. The van der Waals surface area contributed by atoms with Crippen LogP contribution >= 0.6 is 0 Å². The molecular formula is C14H12N2O5. The predicted molar refractivity (Wildman–Crippen MR) is 71.6 cm³/mol. The Kier molecular flexibility index (Phi) is 4.48. The van der Waals surface area contributed by atoms with Crippen molar-refractivity contribution in [3.8, 4) is 0 Å². The van der Waals surface area contributed by atoms with Crippen molar-refractivity contribution in [2.75, 3.05) is 0 Å². The van der Waals surface area contributed by atoms with Gasteiger partial charge in [0.2, 0.25) is 0 Å². The molecule has 0 aliphatic carbocycles. The lowest BCUT2D eigenvalue weighted by molar-refractivity contribution is -0.191. The minimum atomic E-state index is -1.00. The molecule has 0 spiro atoms. The van der Waals surface area contributed by atoms with Crippen LogP contribution in [0.2, 0.25) is 0 Å². The van der Waals surface area contributed by atoms with Gasteiger partial charge in [0.1, 0.15) is 6.10 Å². The second-order valence-corrected chi connectivity index (χ2v) is 4.42. The van der Waals surface area contributed by atoms with Gasteiger partial charge >= 0.3 is 12.1 Å². The Morgan fingerprint density at radius 2 is 2.14 bits per heavy atom. The first-order valence-electron chi connectivity index (χ1n) is 6.16. The number of aliphatic carboxylic acids is 1. The van der Waals surface area contributed by atoms with Crippen LogP contribution in [0.25, 0.3) is 10.9 Å². The summed E-state index contributed by atoms with van der Waals surface area (Å²) in [5.41, 5.74) is 2.29. The molecule has 108 valence electrons. The monoisotopic (exact) mass is 288 g/mol. The Bertz CT molecular complexity index is 713. The Morgan fingerprint density at radius 1 is 1.43 bits per heavy atom. The van der Waals surface area contributed by atoms with E-state index in [1.807, 2.05) is 30.5 Å². The Labute approximate surface area is 119 Å². The van der Waals surface area contributed by atoms with Gasteiger partial charge in [-0.15, -0.1) is 0 Å². The van der Waals surface area contributed by atoms with E-state index < -0.39 is 5.97 Å². The van der Waals surface area contributed by atoms with Crippen molar-refractivity contribution in [1.29, 1.82) is 0 Å². The summed E-state index contributed by atoms with van der Waals surface area (Å²) in [4.78, 5) is 35.3. The predicted octanol–water partition coefficient (Wildman–Crippen LogP) is 1.36. The molecule has 0 amide bonds. The van der Waals surface area contributed by atoms with Gasteiger partial charge in [-0.25, -0.2) is 4.79 Å². The lowest BCUT2D eigenvalue weighted by Crippen LogP contribution is -2.16. The van der Waals surface area contributed by atoms with Gasteiger partial charge in [0.15, 0.2) is 5.71 Å². The molecule has 2 heterocycles. The molecule has 1 aromatic heterocycles. The van der Waals surface area contributed by atoms with Crippen molar-refractivity contribution in [1.82, 2.24) is 4.98 Å². The molecule has 0 unspecified atom stereocenters. The normalized spacial score (nSPS) is 16.4. The van der Waals surface area contributed by atoms with E-state index in [4.69, 9.17) is 19.5 Å². The molecule has 1 aliphatic heterocycles. The number of carboxylic acids is 1. The summed E-state index contributed by atoms with van der Waals surface area (Å²) in [5, 5.41) is 13.5. The van der Waals surface area contributed by atoms with Gasteiger partial charge in [0.25, 0.3) is 0 Å². The lowest BCUT2D eigenvalue weighted by Gasteiger charge is -2.06. The number of nitrogens with zero attached hydrogens (tertiary/aromatic N) is 1. The summed E-state index contributed by atoms with van der Waals surface area (Å²) in [6, 6.07) is 8.00. The first kappa shape index (κ1) is 14.5. The summed E-state index contributed by atoms with van der Waals surface area (Å²) in [5.74, 6) is -1.00. The van der Waals surface area contributed by atoms with Crippen molar-refractivity contribution in [3.05, 3.63) is 36.0 Å². The third kappa shape index (κ3) is 3.34. The molecule has 7 nitrogen and oxygen atoms in total. The number of para-hydroxylation sites is 1. The summed E-state index contributed by atoms with van der Waals surface area (Å²) < 4.78 is 0. The number of aromatic amines is 1. The number of aromatic nitrogens is 1. The molecule has 0 fully saturated rings. The van der Waals surface area contributed by atoms with Crippen LogP contribution in [-0.2, 0) is 25.6 Å². The summed E-state index contributed by atoms with van der Waals surface area (Å²) >= 11 is 0. The van der Waals surface area contributed by atoms with Crippen molar-refractivity contribution in [2.45, 2.75) is 18.9 Å². The quantitative estimate of drug-likeness (QED) is 0.886. The van der Waals surface area contributed by atoms with E-state index in [1.54, 1.807) is 0 Å². The maximum Gasteiger partial charge on any atom is 0.373 e. The van der Waals surface area contributed by atoms with Gasteiger partial charge in [0, 0.05) is 29.9 Å². The molecular weight excluding hydrogens is 276 g/mol. The van der Waals surface area contributed by atoms with Gasteiger partial charge in [-0.05, 0) is 11.6 Å². The average molecular weight is 288 g/mol. The number of carbonyl (C=O) groups is 1. The maximum atomic E-state index is 10.7. The minimum Gasteiger partial charge on any atom is -0.477 e. The highest BCUT2D eigenvalue weighted by molar-refractivity contribution is 6.35. The van der Waals surface area contributed by atoms with E-state index >= 15 is 0 Å². The van der Waals surface area contributed by atoms with Crippen LogP contribution in [0.15, 0.2) is 35.6 Å². The first-order chi connectivity index (χ1) is 10.2. The largest absolute Gasteiger partial charge is 0.477 e. The van der Waals surface area contributed by atoms with E-state index in [9.17, 15) is 4.79 Å². The Balaban J connectivity index is 0.000000497. The molecule has 0 radical (unpaired) electrons. The molecule has 21 heavy (non-hydrogen) atoms. The molecule has 0 saturated carbocycles. The number of rotatable bonds is 3. The number of oxime groups is 1. The van der Waals surface area contributed by atoms with Crippen LogP contribution < -0.4 is 0 Å². The highest BCUT2D eigenvalue weighted by Gasteiger charge is 2.26. The van der Waals surface area contributed by atoms with Crippen LogP contribution in [0.3, 0.4) is 0 Å². The SMILES string of the molecule is O=C(O)C1=NO[C@@H](Cc2c[nH]c3ccccc23)C1.O=C=O. The van der Waals surface area contributed by atoms with Crippen LogP contribution in [0.1, 0.15) is 12.0 Å². The number of fused-ring (bicyclic) bond motifs is 1. The molecule has 3 rings (SSSR count). The van der Waals surface area contributed by atoms with Gasteiger partial charge in [-0.1, -0.05) is 23.4 Å². The summed E-state index contributed by atoms with van der Waals surface area (Å²) in [6.45, 7) is 0. The third-order valence-corrected chi connectivity index (χ3v) is 3.10. The van der Waals surface area contributed by atoms with E-state index in [2.05, 4.69) is 10.1 Å².